The fraction of sp³-hybridized carbons (Fsp3) is 0.364. The third-order valence-corrected chi connectivity index (χ3v) is 3.35. The second kappa shape index (κ2) is 4.25. The maximum atomic E-state index is 12.3. The Bertz CT molecular complexity index is 469. The van der Waals surface area contributed by atoms with Gasteiger partial charge in [0.15, 0.2) is 5.78 Å². The van der Waals surface area contributed by atoms with Gasteiger partial charge in [-0.15, -0.1) is 0 Å². The van der Waals surface area contributed by atoms with Gasteiger partial charge in [-0.25, -0.2) is 0 Å². The van der Waals surface area contributed by atoms with Gasteiger partial charge < -0.3 is 4.74 Å². The van der Waals surface area contributed by atoms with Gasteiger partial charge in [0.1, 0.15) is 5.75 Å². The van der Waals surface area contributed by atoms with Gasteiger partial charge in [-0.1, -0.05) is 0 Å². The first-order valence-electron chi connectivity index (χ1n) is 4.91. The maximum Gasteiger partial charge on any atom is 0.446 e. The van der Waals surface area contributed by atoms with Gasteiger partial charge in [0.25, 0.3) is 0 Å². The SMILES string of the molecule is COc1ccc(SC(F)(F)F)c2c1CCC2=O. The second-order valence-electron chi connectivity index (χ2n) is 3.59. The lowest BCUT2D eigenvalue weighted by molar-refractivity contribution is -0.0328. The smallest absolute Gasteiger partial charge is 0.446 e. The number of rotatable bonds is 2. The summed E-state index contributed by atoms with van der Waals surface area (Å²) in [6.45, 7) is 0. The van der Waals surface area contributed by atoms with Crippen LogP contribution in [0.4, 0.5) is 13.2 Å². The van der Waals surface area contributed by atoms with E-state index in [1.54, 1.807) is 0 Å². The van der Waals surface area contributed by atoms with Crippen LogP contribution >= 0.6 is 11.8 Å². The zero-order chi connectivity index (χ0) is 12.6. The number of alkyl halides is 3. The normalized spacial score (nSPS) is 14.9. The molecule has 0 unspecified atom stereocenters. The second-order valence-corrected chi connectivity index (χ2v) is 4.70. The molecule has 0 aromatic heterocycles. The number of halogens is 3. The molecule has 0 amide bonds. The minimum atomic E-state index is -4.38. The van der Waals surface area contributed by atoms with Crippen LogP contribution in [0.1, 0.15) is 22.3 Å². The number of ketones is 1. The molecule has 2 rings (SSSR count). The Morgan fingerprint density at radius 2 is 2.00 bits per heavy atom. The van der Waals surface area contributed by atoms with Gasteiger partial charge in [-0.3, -0.25) is 4.79 Å². The number of hydrogen-bond donors (Lipinski definition) is 0. The number of methoxy groups -OCH3 is 1. The van der Waals surface area contributed by atoms with Crippen molar-refractivity contribution in [2.75, 3.05) is 7.11 Å². The van der Waals surface area contributed by atoms with Gasteiger partial charge in [0, 0.05) is 22.4 Å². The first-order valence-corrected chi connectivity index (χ1v) is 5.73. The number of thioether (sulfide) groups is 1. The van der Waals surface area contributed by atoms with Crippen LogP contribution in [0, 0.1) is 0 Å². The number of fused-ring (bicyclic) bond motifs is 1. The molecule has 0 aliphatic heterocycles. The molecule has 0 atom stereocenters. The Morgan fingerprint density at radius 3 is 2.59 bits per heavy atom. The highest BCUT2D eigenvalue weighted by Gasteiger charge is 2.34. The monoisotopic (exact) mass is 262 g/mol. The fourth-order valence-electron chi connectivity index (χ4n) is 1.93. The predicted molar refractivity (Wildman–Crippen MR) is 57.6 cm³/mol. The highest BCUT2D eigenvalue weighted by Crippen LogP contribution is 2.43. The van der Waals surface area contributed by atoms with Crippen molar-refractivity contribution in [3.8, 4) is 5.75 Å². The summed E-state index contributed by atoms with van der Waals surface area (Å²) in [5.41, 5.74) is -3.62. The van der Waals surface area contributed by atoms with Crippen LogP contribution in [-0.4, -0.2) is 18.4 Å². The Kier molecular flexibility index (Phi) is 3.07. The molecule has 0 radical (unpaired) electrons. The lowest BCUT2D eigenvalue weighted by atomic mass is 10.1. The van der Waals surface area contributed by atoms with Gasteiger partial charge in [-0.05, 0) is 30.3 Å². The number of benzene rings is 1. The number of hydrogen-bond acceptors (Lipinski definition) is 3. The molecule has 0 spiro atoms. The summed E-state index contributed by atoms with van der Waals surface area (Å²) in [4.78, 5) is 11.6. The van der Waals surface area contributed by atoms with Crippen molar-refractivity contribution in [1.82, 2.24) is 0 Å². The quantitative estimate of drug-likeness (QED) is 0.764. The molecular weight excluding hydrogens is 253 g/mol. The summed E-state index contributed by atoms with van der Waals surface area (Å²) in [5, 5.41) is 0. The number of carbonyl (C=O) groups excluding carboxylic acids is 1. The summed E-state index contributed by atoms with van der Waals surface area (Å²) >= 11 is -0.247. The fourth-order valence-corrected chi connectivity index (χ4v) is 2.65. The molecule has 0 saturated heterocycles. The van der Waals surface area contributed by atoms with Gasteiger partial charge in [0.2, 0.25) is 0 Å². The summed E-state index contributed by atoms with van der Waals surface area (Å²) in [6.07, 6.45) is 0.699. The van der Waals surface area contributed by atoms with Crippen LogP contribution in [0.2, 0.25) is 0 Å². The standard InChI is InChI=1S/C11H9F3O2S/c1-16-8-4-5-9(17-11(12,13)14)10-6(8)2-3-7(10)15/h4-5H,2-3H2,1H3. The molecule has 1 aromatic rings. The average molecular weight is 262 g/mol. The molecule has 6 heteroatoms. The molecule has 1 aliphatic carbocycles. The van der Waals surface area contributed by atoms with Crippen LogP contribution in [0.3, 0.4) is 0 Å². The van der Waals surface area contributed by atoms with Gasteiger partial charge in [0.05, 0.1) is 7.11 Å². The van der Waals surface area contributed by atoms with Crippen molar-refractivity contribution >= 4 is 17.5 Å². The number of ether oxygens (including phenoxy) is 1. The van der Waals surface area contributed by atoms with E-state index in [0.29, 0.717) is 17.7 Å². The number of Topliss-reactive ketones (excluding diaryl/α,β-unsaturated/α-hetero) is 1. The molecule has 92 valence electrons. The van der Waals surface area contributed by atoms with E-state index in [-0.39, 0.29) is 34.4 Å². The Labute approximate surface area is 100 Å². The molecular formula is C11H9F3O2S. The maximum absolute atomic E-state index is 12.3. The zero-order valence-corrected chi connectivity index (χ0v) is 9.74. The van der Waals surface area contributed by atoms with Crippen LogP contribution in [0.5, 0.6) is 5.75 Å². The highest BCUT2D eigenvalue weighted by molar-refractivity contribution is 8.00. The predicted octanol–water partition coefficient (Wildman–Crippen LogP) is 3.44. The average Bonchev–Trinajstić information content (AvgIpc) is 2.60. The first-order chi connectivity index (χ1) is 7.92. The Balaban J connectivity index is 2.49. The van der Waals surface area contributed by atoms with E-state index < -0.39 is 5.51 Å². The molecule has 0 fully saturated rings. The van der Waals surface area contributed by atoms with E-state index >= 15 is 0 Å². The summed E-state index contributed by atoms with van der Waals surface area (Å²) in [7, 11) is 1.44. The summed E-state index contributed by atoms with van der Waals surface area (Å²) in [5.74, 6) is 0.239. The van der Waals surface area contributed by atoms with Crippen LogP contribution < -0.4 is 4.74 Å². The molecule has 1 aromatic carbocycles. The molecule has 0 bridgehead atoms. The summed E-state index contributed by atoms with van der Waals surface area (Å²) < 4.78 is 42.1. The van der Waals surface area contributed by atoms with Crippen molar-refractivity contribution in [3.63, 3.8) is 0 Å². The molecule has 2 nitrogen and oxygen atoms in total. The van der Waals surface area contributed by atoms with Crippen molar-refractivity contribution in [2.24, 2.45) is 0 Å². The van der Waals surface area contributed by atoms with Crippen LogP contribution in [0.25, 0.3) is 0 Å². The lowest BCUT2D eigenvalue weighted by Gasteiger charge is -2.12. The zero-order valence-electron chi connectivity index (χ0n) is 8.93. The lowest BCUT2D eigenvalue weighted by Crippen LogP contribution is -2.04. The first kappa shape index (κ1) is 12.3. The third kappa shape index (κ3) is 2.41. The van der Waals surface area contributed by atoms with Crippen molar-refractivity contribution in [2.45, 2.75) is 23.2 Å². The van der Waals surface area contributed by atoms with E-state index in [1.165, 1.54) is 19.2 Å². The van der Waals surface area contributed by atoms with Gasteiger partial charge >= 0.3 is 5.51 Å². The van der Waals surface area contributed by atoms with E-state index in [0.717, 1.165) is 0 Å². The minimum absolute atomic E-state index is 0.0317. The van der Waals surface area contributed by atoms with E-state index in [1.807, 2.05) is 0 Å². The number of carbonyl (C=O) groups is 1. The van der Waals surface area contributed by atoms with Crippen molar-refractivity contribution in [3.05, 3.63) is 23.3 Å². The molecule has 17 heavy (non-hydrogen) atoms. The van der Waals surface area contributed by atoms with Gasteiger partial charge in [-0.2, -0.15) is 13.2 Å². The largest absolute Gasteiger partial charge is 0.496 e. The van der Waals surface area contributed by atoms with Crippen LogP contribution in [-0.2, 0) is 6.42 Å². The molecule has 1 aliphatic rings. The van der Waals surface area contributed by atoms with E-state index in [2.05, 4.69) is 0 Å². The van der Waals surface area contributed by atoms with E-state index in [4.69, 9.17) is 4.74 Å². The van der Waals surface area contributed by atoms with E-state index in [9.17, 15) is 18.0 Å². The Hall–Kier alpha value is -1.17. The van der Waals surface area contributed by atoms with Crippen molar-refractivity contribution < 1.29 is 22.7 Å². The third-order valence-electron chi connectivity index (χ3n) is 2.56. The molecule has 0 heterocycles. The summed E-state index contributed by atoms with van der Waals surface area (Å²) in [6, 6.07) is 2.77. The van der Waals surface area contributed by atoms with Crippen molar-refractivity contribution in [1.29, 1.82) is 0 Å². The minimum Gasteiger partial charge on any atom is -0.496 e. The topological polar surface area (TPSA) is 26.3 Å². The molecule has 0 N–H and O–H groups in total. The Morgan fingerprint density at radius 1 is 1.29 bits per heavy atom. The highest BCUT2D eigenvalue weighted by atomic mass is 32.2. The van der Waals surface area contributed by atoms with Crippen LogP contribution in [0.15, 0.2) is 17.0 Å². The molecule has 0 saturated carbocycles.